The van der Waals surface area contributed by atoms with Crippen LogP contribution in [0.1, 0.15) is 48.5 Å². The third kappa shape index (κ3) is 3.35. The van der Waals surface area contributed by atoms with Crippen LogP contribution in [0, 0.1) is 12.8 Å². The van der Waals surface area contributed by atoms with Crippen LogP contribution in [0.2, 0.25) is 0 Å². The molecule has 0 heterocycles. The topological polar surface area (TPSA) is 87.7 Å². The maximum absolute atomic E-state index is 12.5. The van der Waals surface area contributed by atoms with Gasteiger partial charge in [0, 0.05) is 5.56 Å². The molecular weight excluding hydrogens is 266 g/mol. The summed E-state index contributed by atoms with van der Waals surface area (Å²) in [7, 11) is 0. The summed E-state index contributed by atoms with van der Waals surface area (Å²) in [5.74, 6) is 0.510. The number of benzene rings is 1. The minimum Gasteiger partial charge on any atom is -0.409 e. The number of rotatable bonds is 3. The quantitative estimate of drug-likeness (QED) is 0.345. The van der Waals surface area contributed by atoms with Crippen molar-refractivity contribution in [3.63, 3.8) is 0 Å². The summed E-state index contributed by atoms with van der Waals surface area (Å²) in [6.07, 6.45) is 3.29. The van der Waals surface area contributed by atoms with Gasteiger partial charge in [0.2, 0.25) is 0 Å². The van der Waals surface area contributed by atoms with Gasteiger partial charge in [0.1, 0.15) is 5.54 Å². The number of amidine groups is 1. The van der Waals surface area contributed by atoms with Crippen LogP contribution < -0.4 is 11.1 Å². The molecule has 5 heteroatoms. The summed E-state index contributed by atoms with van der Waals surface area (Å²) >= 11 is 0. The Bertz CT molecular complexity index is 546. The lowest BCUT2D eigenvalue weighted by Gasteiger charge is -2.39. The fourth-order valence-electron chi connectivity index (χ4n) is 2.87. The number of nitrogens with one attached hydrogen (secondary N) is 1. The molecule has 0 saturated heterocycles. The minimum atomic E-state index is -0.734. The number of carbonyl (C=O) groups excluding carboxylic acids is 1. The molecule has 0 aliphatic heterocycles. The smallest absolute Gasteiger partial charge is 0.252 e. The molecule has 1 aliphatic rings. The van der Waals surface area contributed by atoms with Crippen molar-refractivity contribution in [3.8, 4) is 0 Å². The molecule has 0 bridgehead atoms. The number of amides is 1. The van der Waals surface area contributed by atoms with Gasteiger partial charge in [-0.1, -0.05) is 29.8 Å². The van der Waals surface area contributed by atoms with Gasteiger partial charge in [0.05, 0.1) is 0 Å². The molecule has 114 valence electrons. The lowest BCUT2D eigenvalue weighted by molar-refractivity contribution is 0.0897. The number of hydrogen-bond donors (Lipinski definition) is 3. The van der Waals surface area contributed by atoms with Crippen LogP contribution in [0.5, 0.6) is 0 Å². The number of carbonyl (C=O) groups is 1. The van der Waals surface area contributed by atoms with Crippen molar-refractivity contribution in [3.05, 3.63) is 35.4 Å². The highest BCUT2D eigenvalue weighted by Crippen LogP contribution is 2.32. The van der Waals surface area contributed by atoms with E-state index >= 15 is 0 Å². The van der Waals surface area contributed by atoms with Crippen LogP contribution in [0.4, 0.5) is 0 Å². The second-order valence-corrected chi connectivity index (χ2v) is 6.07. The Morgan fingerprint density at radius 2 is 2.10 bits per heavy atom. The summed E-state index contributed by atoms with van der Waals surface area (Å²) in [6.45, 7) is 4.12. The SMILES string of the molecule is Cc1cccc(C(=O)NC2(/C(N)=N/O)CCC(C)CC2)c1. The molecule has 0 atom stereocenters. The number of nitrogens with zero attached hydrogens (tertiary/aromatic N) is 1. The predicted molar refractivity (Wildman–Crippen MR) is 82.4 cm³/mol. The lowest BCUT2D eigenvalue weighted by atomic mass is 9.76. The minimum absolute atomic E-state index is 0.0930. The predicted octanol–water partition coefficient (Wildman–Crippen LogP) is 2.42. The van der Waals surface area contributed by atoms with Gasteiger partial charge in [-0.3, -0.25) is 4.79 Å². The fraction of sp³-hybridized carbons (Fsp3) is 0.500. The Morgan fingerprint density at radius 3 is 2.67 bits per heavy atom. The van der Waals surface area contributed by atoms with E-state index in [2.05, 4.69) is 17.4 Å². The van der Waals surface area contributed by atoms with E-state index in [0.29, 0.717) is 24.3 Å². The van der Waals surface area contributed by atoms with E-state index < -0.39 is 5.54 Å². The zero-order valence-corrected chi connectivity index (χ0v) is 12.6. The third-order valence-electron chi connectivity index (χ3n) is 4.36. The highest BCUT2D eigenvalue weighted by Gasteiger charge is 2.39. The second-order valence-electron chi connectivity index (χ2n) is 6.07. The molecule has 0 spiro atoms. The zero-order valence-electron chi connectivity index (χ0n) is 12.6. The Labute approximate surface area is 125 Å². The standard InChI is InChI=1S/C16H23N3O2/c1-11-6-8-16(9-7-11,15(17)19-21)18-14(20)13-5-3-4-12(2)10-13/h3-5,10-11,21H,6-9H2,1-2H3,(H2,17,19)(H,18,20). The molecule has 0 unspecified atom stereocenters. The van der Waals surface area contributed by atoms with E-state index in [0.717, 1.165) is 18.4 Å². The van der Waals surface area contributed by atoms with Crippen molar-refractivity contribution in [2.75, 3.05) is 0 Å². The van der Waals surface area contributed by atoms with Crippen LogP contribution in [-0.2, 0) is 0 Å². The van der Waals surface area contributed by atoms with E-state index in [1.165, 1.54) is 0 Å². The lowest BCUT2D eigenvalue weighted by Crippen LogP contribution is -2.59. The molecule has 0 aromatic heterocycles. The van der Waals surface area contributed by atoms with Gasteiger partial charge in [0.25, 0.3) is 5.91 Å². The average molecular weight is 289 g/mol. The summed E-state index contributed by atoms with van der Waals surface area (Å²) < 4.78 is 0. The maximum atomic E-state index is 12.5. The summed E-state index contributed by atoms with van der Waals surface area (Å²) in [4.78, 5) is 12.5. The Hall–Kier alpha value is -2.04. The molecule has 21 heavy (non-hydrogen) atoms. The van der Waals surface area contributed by atoms with Gasteiger partial charge in [-0.25, -0.2) is 0 Å². The number of nitrogens with two attached hydrogens (primary N) is 1. The van der Waals surface area contributed by atoms with Crippen molar-refractivity contribution in [2.24, 2.45) is 16.8 Å². The molecule has 1 fully saturated rings. The first-order chi connectivity index (χ1) is 9.97. The maximum Gasteiger partial charge on any atom is 0.252 e. The van der Waals surface area contributed by atoms with Crippen LogP contribution in [0.15, 0.2) is 29.4 Å². The van der Waals surface area contributed by atoms with E-state index in [1.807, 2.05) is 25.1 Å². The van der Waals surface area contributed by atoms with Gasteiger partial charge < -0.3 is 16.3 Å². The highest BCUT2D eigenvalue weighted by atomic mass is 16.4. The third-order valence-corrected chi connectivity index (χ3v) is 4.36. The first kappa shape index (κ1) is 15.4. The van der Waals surface area contributed by atoms with Gasteiger partial charge in [-0.05, 0) is 50.7 Å². The zero-order chi connectivity index (χ0) is 15.5. The van der Waals surface area contributed by atoms with Gasteiger partial charge in [-0.15, -0.1) is 0 Å². The highest BCUT2D eigenvalue weighted by molar-refractivity contribution is 6.00. The molecule has 4 N–H and O–H groups in total. The van der Waals surface area contributed by atoms with Crippen LogP contribution in [0.25, 0.3) is 0 Å². The molecule has 1 saturated carbocycles. The van der Waals surface area contributed by atoms with Crippen molar-refractivity contribution in [1.29, 1.82) is 0 Å². The summed E-state index contributed by atoms with van der Waals surface area (Å²) in [5.41, 5.74) is 6.76. The van der Waals surface area contributed by atoms with Gasteiger partial charge in [-0.2, -0.15) is 0 Å². The molecular formula is C16H23N3O2. The monoisotopic (exact) mass is 289 g/mol. The Balaban J connectivity index is 2.21. The molecule has 5 nitrogen and oxygen atoms in total. The van der Waals surface area contributed by atoms with E-state index in [4.69, 9.17) is 10.9 Å². The fourth-order valence-corrected chi connectivity index (χ4v) is 2.87. The second kappa shape index (κ2) is 6.16. The van der Waals surface area contributed by atoms with E-state index in [1.54, 1.807) is 6.07 Å². The first-order valence-electron chi connectivity index (χ1n) is 7.34. The molecule has 1 amide bonds. The van der Waals surface area contributed by atoms with Gasteiger partial charge in [0.15, 0.2) is 5.84 Å². The largest absolute Gasteiger partial charge is 0.409 e. The normalized spacial score (nSPS) is 26.4. The molecule has 0 radical (unpaired) electrons. The van der Waals surface area contributed by atoms with Crippen molar-refractivity contribution < 1.29 is 10.0 Å². The van der Waals surface area contributed by atoms with Crippen LogP contribution in [0.3, 0.4) is 0 Å². The molecule has 2 rings (SSSR count). The van der Waals surface area contributed by atoms with Gasteiger partial charge >= 0.3 is 0 Å². The summed E-state index contributed by atoms with van der Waals surface area (Å²) in [5, 5.41) is 15.2. The number of aryl methyl sites for hydroxylation is 1. The summed E-state index contributed by atoms with van der Waals surface area (Å²) in [6, 6.07) is 7.40. The van der Waals surface area contributed by atoms with Crippen molar-refractivity contribution >= 4 is 11.7 Å². The Kier molecular flexibility index (Phi) is 4.50. The van der Waals surface area contributed by atoms with Crippen LogP contribution >= 0.6 is 0 Å². The molecule has 1 aromatic rings. The molecule has 1 aromatic carbocycles. The Morgan fingerprint density at radius 1 is 1.43 bits per heavy atom. The van der Waals surface area contributed by atoms with E-state index in [-0.39, 0.29) is 11.7 Å². The number of hydrogen-bond acceptors (Lipinski definition) is 3. The average Bonchev–Trinajstić information content (AvgIpc) is 2.49. The van der Waals surface area contributed by atoms with Crippen molar-refractivity contribution in [1.82, 2.24) is 5.32 Å². The first-order valence-corrected chi connectivity index (χ1v) is 7.34. The van der Waals surface area contributed by atoms with Crippen molar-refractivity contribution in [2.45, 2.75) is 45.1 Å². The van der Waals surface area contributed by atoms with Crippen LogP contribution in [-0.4, -0.2) is 22.5 Å². The molecule has 1 aliphatic carbocycles. The van der Waals surface area contributed by atoms with E-state index in [9.17, 15) is 4.79 Å². The number of oxime groups is 1.